The lowest BCUT2D eigenvalue weighted by Crippen LogP contribution is -2.05. The quantitative estimate of drug-likeness (QED) is 0.461. The van der Waals surface area contributed by atoms with Crippen LogP contribution in [0.3, 0.4) is 0 Å². The molecule has 0 atom stereocenters. The van der Waals surface area contributed by atoms with Gasteiger partial charge in [-0.15, -0.1) is 0 Å². The van der Waals surface area contributed by atoms with Gasteiger partial charge in [-0.1, -0.05) is 0 Å². The van der Waals surface area contributed by atoms with Crippen LogP contribution in [0.2, 0.25) is 0 Å². The highest BCUT2D eigenvalue weighted by Crippen LogP contribution is 1.83. The van der Waals surface area contributed by atoms with E-state index in [4.69, 9.17) is 4.55 Å². The Kier molecular flexibility index (Phi) is 3.14. The summed E-state index contributed by atoms with van der Waals surface area (Å²) in [5.74, 6) is -0.792. The molecule has 0 aromatic carbocycles. The van der Waals surface area contributed by atoms with Crippen molar-refractivity contribution in [3.8, 4) is 0 Å². The summed E-state index contributed by atoms with van der Waals surface area (Å²) in [5.41, 5.74) is 0. The molecule has 0 aliphatic heterocycles. The van der Waals surface area contributed by atoms with Crippen molar-refractivity contribution in [2.24, 2.45) is 4.40 Å². The molecule has 0 amide bonds. The second-order valence-electron chi connectivity index (χ2n) is 1.77. The zero-order valence-corrected chi connectivity index (χ0v) is 7.26. The molecular formula is C3H7NO5S2. The number of nitrogens with zero attached hydrogens (tertiary/aromatic N) is 1. The summed E-state index contributed by atoms with van der Waals surface area (Å²) in [6.45, 7) is 0. The Bertz CT molecular complexity index is 336. The van der Waals surface area contributed by atoms with Crippen molar-refractivity contribution in [3.63, 3.8) is 0 Å². The van der Waals surface area contributed by atoms with Crippen LogP contribution >= 0.6 is 0 Å². The smallest absolute Gasteiger partial charge is 0.270 e. The van der Waals surface area contributed by atoms with Gasteiger partial charge in [0.05, 0.1) is 6.26 Å². The van der Waals surface area contributed by atoms with Gasteiger partial charge in [0.2, 0.25) is 10.0 Å². The third-order valence-corrected chi connectivity index (χ3v) is 1.65. The Morgan fingerprint density at radius 3 is 2.09 bits per heavy atom. The van der Waals surface area contributed by atoms with Gasteiger partial charge < -0.3 is 0 Å². The van der Waals surface area contributed by atoms with Crippen LogP contribution in [0.25, 0.3) is 0 Å². The van der Waals surface area contributed by atoms with Gasteiger partial charge in [-0.2, -0.15) is 12.8 Å². The molecule has 0 aliphatic carbocycles. The monoisotopic (exact) mass is 201 g/mol. The first-order valence-electron chi connectivity index (χ1n) is 2.40. The van der Waals surface area contributed by atoms with E-state index in [1.54, 1.807) is 0 Å². The average molecular weight is 201 g/mol. The van der Waals surface area contributed by atoms with Crippen LogP contribution in [0.5, 0.6) is 0 Å². The van der Waals surface area contributed by atoms with Crippen molar-refractivity contribution in [1.82, 2.24) is 0 Å². The molecule has 0 unspecified atom stereocenters. The summed E-state index contributed by atoms with van der Waals surface area (Å²) in [4.78, 5) is 0. The maximum Gasteiger partial charge on any atom is 0.270 e. The maximum absolute atomic E-state index is 10.2. The van der Waals surface area contributed by atoms with Crippen molar-refractivity contribution in [2.45, 2.75) is 0 Å². The lowest BCUT2D eigenvalue weighted by Gasteiger charge is -1.86. The largest absolute Gasteiger partial charge is 0.285 e. The van der Waals surface area contributed by atoms with E-state index in [1.807, 2.05) is 0 Å². The minimum atomic E-state index is -4.16. The van der Waals surface area contributed by atoms with Crippen LogP contribution in [0.15, 0.2) is 4.40 Å². The van der Waals surface area contributed by atoms with Crippen molar-refractivity contribution in [1.29, 1.82) is 0 Å². The topological polar surface area (TPSA) is 101 Å². The highest BCUT2D eigenvalue weighted by molar-refractivity contribution is 7.89. The minimum Gasteiger partial charge on any atom is -0.285 e. The summed E-state index contributed by atoms with van der Waals surface area (Å²) in [5, 5.41) is 0. The van der Waals surface area contributed by atoms with Gasteiger partial charge in [-0.3, -0.25) is 4.55 Å². The average Bonchev–Trinajstić information content (AvgIpc) is 1.55. The molecule has 0 bridgehead atoms. The molecule has 0 saturated carbocycles. The standard InChI is InChI=1S/C3H7NO5S2/c1-10(5,6)4-2-3-11(7,8)9/h2H,3H2,1H3,(H,7,8,9). The maximum atomic E-state index is 10.2. The van der Waals surface area contributed by atoms with Gasteiger partial charge >= 0.3 is 0 Å². The van der Waals surface area contributed by atoms with Crippen LogP contribution in [0, 0.1) is 0 Å². The summed E-state index contributed by atoms with van der Waals surface area (Å²) >= 11 is 0. The normalized spacial score (nSPS) is 14.0. The fourth-order valence-electron chi connectivity index (χ4n) is 0.260. The molecule has 0 fully saturated rings. The minimum absolute atomic E-state index is 0.616. The van der Waals surface area contributed by atoms with Gasteiger partial charge in [0.1, 0.15) is 5.75 Å². The van der Waals surface area contributed by atoms with E-state index in [9.17, 15) is 16.8 Å². The Morgan fingerprint density at radius 2 is 1.82 bits per heavy atom. The van der Waals surface area contributed by atoms with Crippen molar-refractivity contribution in [2.75, 3.05) is 12.0 Å². The highest BCUT2D eigenvalue weighted by Gasteiger charge is 2.01. The molecule has 0 saturated heterocycles. The zero-order valence-electron chi connectivity index (χ0n) is 5.63. The third-order valence-electron chi connectivity index (χ3n) is 0.551. The van der Waals surface area contributed by atoms with E-state index in [1.165, 1.54) is 0 Å². The van der Waals surface area contributed by atoms with Gasteiger partial charge in [0.25, 0.3) is 10.1 Å². The van der Waals surface area contributed by atoms with Gasteiger partial charge in [-0.25, -0.2) is 8.42 Å². The first-order valence-corrected chi connectivity index (χ1v) is 5.85. The summed E-state index contributed by atoms with van der Waals surface area (Å²) in [6.07, 6.45) is 1.43. The molecule has 0 aromatic rings. The Balaban J connectivity index is 4.23. The van der Waals surface area contributed by atoms with Crippen LogP contribution in [0.1, 0.15) is 0 Å². The SMILES string of the molecule is CS(=O)(=O)N=CCS(=O)(=O)O. The molecule has 66 valence electrons. The van der Waals surface area contributed by atoms with Gasteiger partial charge in [0.15, 0.2) is 0 Å². The summed E-state index contributed by atoms with van der Waals surface area (Å²) < 4.78 is 51.4. The van der Waals surface area contributed by atoms with E-state index in [-0.39, 0.29) is 0 Å². The lowest BCUT2D eigenvalue weighted by atomic mass is 10.9. The first-order chi connectivity index (χ1) is 4.71. The molecule has 0 radical (unpaired) electrons. The van der Waals surface area contributed by atoms with E-state index >= 15 is 0 Å². The van der Waals surface area contributed by atoms with Crippen LogP contribution in [-0.2, 0) is 20.1 Å². The molecule has 0 heterocycles. The first kappa shape index (κ1) is 10.5. The second kappa shape index (κ2) is 3.28. The number of hydrogen-bond donors (Lipinski definition) is 1. The van der Waals surface area contributed by atoms with Gasteiger partial charge in [0, 0.05) is 6.21 Å². The Morgan fingerprint density at radius 1 is 1.36 bits per heavy atom. The lowest BCUT2D eigenvalue weighted by molar-refractivity contribution is 0.488. The summed E-state index contributed by atoms with van der Waals surface area (Å²) in [6, 6.07) is 0. The zero-order chi connectivity index (χ0) is 9.12. The number of hydrogen-bond acceptors (Lipinski definition) is 4. The molecule has 1 N–H and O–H groups in total. The predicted molar refractivity (Wildman–Crippen MR) is 39.8 cm³/mol. The Hall–Kier alpha value is -0.470. The molecular weight excluding hydrogens is 194 g/mol. The molecule has 0 spiro atoms. The van der Waals surface area contributed by atoms with Crippen molar-refractivity contribution in [3.05, 3.63) is 0 Å². The van der Waals surface area contributed by atoms with Crippen LogP contribution < -0.4 is 0 Å². The van der Waals surface area contributed by atoms with E-state index in [2.05, 4.69) is 4.40 Å². The third kappa shape index (κ3) is 9.53. The van der Waals surface area contributed by atoms with Crippen molar-refractivity contribution < 1.29 is 21.4 Å². The fourth-order valence-corrected chi connectivity index (χ4v) is 0.963. The van der Waals surface area contributed by atoms with E-state index in [0.717, 1.165) is 6.26 Å². The molecule has 11 heavy (non-hydrogen) atoms. The number of sulfonamides is 1. The number of rotatable bonds is 3. The molecule has 6 nitrogen and oxygen atoms in total. The van der Waals surface area contributed by atoms with Crippen LogP contribution in [0.4, 0.5) is 0 Å². The molecule has 8 heteroatoms. The molecule has 0 aromatic heterocycles. The van der Waals surface area contributed by atoms with Crippen LogP contribution in [-0.4, -0.2) is 39.6 Å². The Labute approximate surface area is 64.8 Å². The van der Waals surface area contributed by atoms with E-state index in [0.29, 0.717) is 6.21 Å². The van der Waals surface area contributed by atoms with Gasteiger partial charge in [-0.05, 0) is 0 Å². The molecule has 0 rings (SSSR count). The second-order valence-corrected chi connectivity index (χ2v) is 4.94. The molecule has 0 aliphatic rings. The highest BCUT2D eigenvalue weighted by atomic mass is 32.2. The fraction of sp³-hybridized carbons (Fsp3) is 0.667. The summed E-state index contributed by atoms with van der Waals surface area (Å²) in [7, 11) is -7.71. The predicted octanol–water partition coefficient (Wildman–Crippen LogP) is -1.10. The van der Waals surface area contributed by atoms with E-state index < -0.39 is 25.9 Å². The van der Waals surface area contributed by atoms with Crippen molar-refractivity contribution >= 4 is 26.4 Å².